The fourth-order valence-corrected chi connectivity index (χ4v) is 1.72. The van der Waals surface area contributed by atoms with Gasteiger partial charge in [-0.25, -0.2) is 4.79 Å². The van der Waals surface area contributed by atoms with Crippen LogP contribution in [0.1, 0.15) is 15.9 Å². The molecule has 108 valence electrons. The largest absolute Gasteiger partial charge is 0.450 e. The van der Waals surface area contributed by atoms with Crippen LogP contribution in [-0.4, -0.2) is 12.3 Å². The van der Waals surface area contributed by atoms with E-state index in [4.69, 9.17) is 21.1 Å². The topological polar surface area (TPSA) is 35.5 Å². The third-order valence-electron chi connectivity index (χ3n) is 2.74. The second-order valence-corrected chi connectivity index (χ2v) is 4.97. The highest BCUT2D eigenvalue weighted by molar-refractivity contribution is 6.29. The normalized spacial score (nSPS) is 11.5. The van der Waals surface area contributed by atoms with Crippen molar-refractivity contribution in [1.82, 2.24) is 0 Å². The first-order valence-corrected chi connectivity index (χ1v) is 6.78. The number of carbonyl (C=O) groups excluding carboxylic acids is 1. The summed E-state index contributed by atoms with van der Waals surface area (Å²) in [7, 11) is 0. The van der Waals surface area contributed by atoms with Gasteiger partial charge in [0.25, 0.3) is 6.29 Å². The van der Waals surface area contributed by atoms with Gasteiger partial charge < -0.3 is 9.47 Å². The van der Waals surface area contributed by atoms with E-state index in [1.54, 1.807) is 24.3 Å². The molecule has 0 spiro atoms. The van der Waals surface area contributed by atoms with Crippen LogP contribution in [-0.2, 0) is 4.74 Å². The molecule has 0 saturated heterocycles. The van der Waals surface area contributed by atoms with E-state index in [1.807, 2.05) is 37.3 Å². The molecule has 0 saturated carbocycles. The first-order valence-electron chi connectivity index (χ1n) is 6.40. The highest BCUT2D eigenvalue weighted by atomic mass is 35.5. The second-order valence-electron chi connectivity index (χ2n) is 4.48. The van der Waals surface area contributed by atoms with Crippen molar-refractivity contribution in [2.24, 2.45) is 0 Å². The summed E-state index contributed by atoms with van der Waals surface area (Å²) in [6.45, 7) is 5.52. The molecule has 0 aromatic heterocycles. The third kappa shape index (κ3) is 4.36. The first kappa shape index (κ1) is 15.1. The van der Waals surface area contributed by atoms with Gasteiger partial charge in [-0.3, -0.25) is 0 Å². The van der Waals surface area contributed by atoms with E-state index >= 15 is 0 Å². The molecule has 1 unspecified atom stereocenters. The molecule has 0 fully saturated rings. The predicted molar refractivity (Wildman–Crippen MR) is 82.4 cm³/mol. The molecule has 1 atom stereocenters. The number of rotatable bonds is 5. The van der Waals surface area contributed by atoms with Gasteiger partial charge in [0.1, 0.15) is 5.75 Å². The number of ether oxygens (including phenoxy) is 2. The van der Waals surface area contributed by atoms with Crippen LogP contribution in [0, 0.1) is 6.92 Å². The summed E-state index contributed by atoms with van der Waals surface area (Å²) in [5, 5.41) is 0.0966. The van der Waals surface area contributed by atoms with Crippen LogP contribution in [0.2, 0.25) is 0 Å². The van der Waals surface area contributed by atoms with Crippen molar-refractivity contribution in [3.05, 3.63) is 77.3 Å². The Balaban J connectivity index is 2.07. The lowest BCUT2D eigenvalue weighted by molar-refractivity contribution is -0.0237. The highest BCUT2D eigenvalue weighted by Crippen LogP contribution is 2.19. The standard InChI is InChI=1S/C17H15ClO3/c1-12-8-10-14(11-9-12)16(19)21-17(13(2)18)20-15-6-4-3-5-7-15/h3-11,17H,2H2,1H3. The summed E-state index contributed by atoms with van der Waals surface area (Å²) in [6, 6.07) is 16.0. The predicted octanol–water partition coefficient (Wildman–Crippen LogP) is 4.31. The zero-order chi connectivity index (χ0) is 15.2. The van der Waals surface area contributed by atoms with Crippen LogP contribution in [0.15, 0.2) is 66.2 Å². The van der Waals surface area contributed by atoms with E-state index in [2.05, 4.69) is 6.58 Å². The van der Waals surface area contributed by atoms with Crippen LogP contribution in [0.4, 0.5) is 0 Å². The van der Waals surface area contributed by atoms with Gasteiger partial charge in [0.2, 0.25) is 0 Å². The van der Waals surface area contributed by atoms with Crippen LogP contribution in [0.25, 0.3) is 0 Å². The Morgan fingerprint density at radius 1 is 1.10 bits per heavy atom. The summed E-state index contributed by atoms with van der Waals surface area (Å²) in [5.74, 6) is 0.0266. The lowest BCUT2D eigenvalue weighted by Gasteiger charge is -2.18. The monoisotopic (exact) mass is 302 g/mol. The average Bonchev–Trinajstić information content (AvgIpc) is 2.48. The lowest BCUT2D eigenvalue weighted by atomic mass is 10.1. The molecule has 4 heteroatoms. The molecule has 3 nitrogen and oxygen atoms in total. The lowest BCUT2D eigenvalue weighted by Crippen LogP contribution is -2.24. The van der Waals surface area contributed by atoms with Gasteiger partial charge in [-0.1, -0.05) is 54.1 Å². The summed E-state index contributed by atoms with van der Waals surface area (Å²) in [6.07, 6.45) is -1.04. The molecule has 0 aliphatic carbocycles. The number of esters is 1. The maximum atomic E-state index is 12.1. The third-order valence-corrected chi connectivity index (χ3v) is 2.92. The quantitative estimate of drug-likeness (QED) is 0.610. The molecule has 0 bridgehead atoms. The van der Waals surface area contributed by atoms with Crippen LogP contribution >= 0.6 is 11.6 Å². The minimum Gasteiger partial charge on any atom is -0.450 e. The van der Waals surface area contributed by atoms with Crippen molar-refractivity contribution in [2.45, 2.75) is 13.2 Å². The molecule has 0 N–H and O–H groups in total. The van der Waals surface area contributed by atoms with E-state index in [0.717, 1.165) is 5.56 Å². The van der Waals surface area contributed by atoms with Gasteiger partial charge in [-0.05, 0) is 31.2 Å². The van der Waals surface area contributed by atoms with E-state index in [1.165, 1.54) is 0 Å². The smallest absolute Gasteiger partial charge is 0.341 e. The Morgan fingerprint density at radius 2 is 1.71 bits per heavy atom. The highest BCUT2D eigenvalue weighted by Gasteiger charge is 2.19. The Bertz CT molecular complexity index is 620. The van der Waals surface area contributed by atoms with Crippen molar-refractivity contribution < 1.29 is 14.3 Å². The first-order chi connectivity index (χ1) is 10.1. The van der Waals surface area contributed by atoms with Crippen LogP contribution in [0.5, 0.6) is 5.75 Å². The Morgan fingerprint density at radius 3 is 2.29 bits per heavy atom. The SMILES string of the molecule is C=C(Cl)C(OC(=O)c1ccc(C)cc1)Oc1ccccc1. The Hall–Kier alpha value is -2.26. The van der Waals surface area contributed by atoms with Gasteiger partial charge >= 0.3 is 5.97 Å². The number of hydrogen-bond donors (Lipinski definition) is 0. The molecular weight excluding hydrogens is 288 g/mol. The van der Waals surface area contributed by atoms with E-state index in [9.17, 15) is 4.79 Å². The molecule has 21 heavy (non-hydrogen) atoms. The summed E-state index contributed by atoms with van der Waals surface area (Å²) in [4.78, 5) is 12.1. The van der Waals surface area contributed by atoms with Gasteiger partial charge in [-0.2, -0.15) is 0 Å². The molecule has 0 aliphatic rings. The maximum Gasteiger partial charge on any atom is 0.341 e. The van der Waals surface area contributed by atoms with Crippen LogP contribution < -0.4 is 4.74 Å². The molecule has 0 heterocycles. The number of halogens is 1. The van der Waals surface area contributed by atoms with Gasteiger partial charge in [0.15, 0.2) is 0 Å². The Kier molecular flexibility index (Phi) is 5.01. The maximum absolute atomic E-state index is 12.1. The average molecular weight is 303 g/mol. The minimum absolute atomic E-state index is 0.0966. The number of para-hydroxylation sites is 1. The zero-order valence-electron chi connectivity index (χ0n) is 11.6. The van der Waals surface area contributed by atoms with Gasteiger partial charge in [-0.15, -0.1) is 0 Å². The zero-order valence-corrected chi connectivity index (χ0v) is 12.3. The van der Waals surface area contributed by atoms with Gasteiger partial charge in [0, 0.05) is 0 Å². The van der Waals surface area contributed by atoms with Crippen LogP contribution in [0.3, 0.4) is 0 Å². The van der Waals surface area contributed by atoms with Crippen molar-refractivity contribution in [3.8, 4) is 5.75 Å². The van der Waals surface area contributed by atoms with Gasteiger partial charge in [0.05, 0.1) is 10.6 Å². The molecule has 0 amide bonds. The van der Waals surface area contributed by atoms with Crippen molar-refractivity contribution in [3.63, 3.8) is 0 Å². The molecule has 2 aromatic carbocycles. The van der Waals surface area contributed by atoms with E-state index in [-0.39, 0.29) is 5.03 Å². The number of carbonyl (C=O) groups is 1. The number of benzene rings is 2. The molecular formula is C17H15ClO3. The molecule has 2 rings (SSSR count). The summed E-state index contributed by atoms with van der Waals surface area (Å²) < 4.78 is 10.8. The molecule has 0 aliphatic heterocycles. The van der Waals surface area contributed by atoms with Crippen molar-refractivity contribution >= 4 is 17.6 Å². The van der Waals surface area contributed by atoms with E-state index < -0.39 is 12.3 Å². The van der Waals surface area contributed by atoms with E-state index in [0.29, 0.717) is 11.3 Å². The Labute approximate surface area is 128 Å². The fourth-order valence-electron chi connectivity index (χ4n) is 1.63. The molecule has 2 aromatic rings. The number of hydrogen-bond acceptors (Lipinski definition) is 3. The molecule has 0 radical (unpaired) electrons. The fraction of sp³-hybridized carbons (Fsp3) is 0.118. The minimum atomic E-state index is -1.04. The summed E-state index contributed by atoms with van der Waals surface area (Å²) in [5.41, 5.74) is 1.49. The summed E-state index contributed by atoms with van der Waals surface area (Å²) >= 11 is 5.85. The van der Waals surface area contributed by atoms with Crippen molar-refractivity contribution in [2.75, 3.05) is 0 Å². The van der Waals surface area contributed by atoms with Crippen molar-refractivity contribution in [1.29, 1.82) is 0 Å². The second kappa shape index (κ2) is 6.95. The number of aryl methyl sites for hydroxylation is 1.